The minimum atomic E-state index is -0.00962. The van der Waals surface area contributed by atoms with E-state index in [1.807, 2.05) is 60.7 Å². The van der Waals surface area contributed by atoms with Gasteiger partial charge in [-0.05, 0) is 30.3 Å². The predicted octanol–water partition coefficient (Wildman–Crippen LogP) is 4.54. The Morgan fingerprint density at radius 2 is 1.62 bits per heavy atom. The molecule has 0 spiro atoms. The number of hydrogen-bond donors (Lipinski definition) is 2. The fourth-order valence-electron chi connectivity index (χ4n) is 2.79. The van der Waals surface area contributed by atoms with Gasteiger partial charge in [0.05, 0.1) is 0 Å². The van der Waals surface area contributed by atoms with Crippen molar-refractivity contribution in [2.24, 2.45) is 0 Å². The van der Waals surface area contributed by atoms with E-state index in [1.54, 1.807) is 18.6 Å². The first kappa shape index (κ1) is 14.2. The lowest BCUT2D eigenvalue weighted by atomic mass is 10.0. The number of hydrogen-bond acceptors (Lipinski definition) is 3. The number of aromatic nitrogens is 2. The second-order valence-corrected chi connectivity index (χ2v) is 5.48. The van der Waals surface area contributed by atoms with Crippen LogP contribution in [-0.2, 0) is 0 Å². The molecule has 0 radical (unpaired) electrons. The minimum Gasteiger partial charge on any atom is -0.360 e. The van der Waals surface area contributed by atoms with Crippen LogP contribution in [0.2, 0.25) is 0 Å². The van der Waals surface area contributed by atoms with Gasteiger partial charge in [0.25, 0.3) is 0 Å². The zero-order valence-electron chi connectivity index (χ0n) is 12.9. The third-order valence-corrected chi connectivity index (χ3v) is 3.96. The van der Waals surface area contributed by atoms with Gasteiger partial charge in [0, 0.05) is 52.0 Å². The smallest absolute Gasteiger partial charge is 0.197 e. The molecule has 0 aliphatic heterocycles. The monoisotopic (exact) mass is 313 g/mol. The van der Waals surface area contributed by atoms with E-state index in [0.29, 0.717) is 11.1 Å². The van der Waals surface area contributed by atoms with Crippen LogP contribution in [0.4, 0.5) is 11.4 Å². The molecule has 2 heterocycles. The van der Waals surface area contributed by atoms with Gasteiger partial charge in [-0.25, -0.2) is 0 Å². The number of aromatic amines is 1. The van der Waals surface area contributed by atoms with Crippen LogP contribution < -0.4 is 5.32 Å². The molecular weight excluding hydrogens is 298 g/mol. The number of benzene rings is 2. The number of carbonyl (C=O) groups is 1. The fourth-order valence-corrected chi connectivity index (χ4v) is 2.79. The first-order valence-corrected chi connectivity index (χ1v) is 7.70. The van der Waals surface area contributed by atoms with Crippen molar-refractivity contribution < 1.29 is 4.79 Å². The van der Waals surface area contributed by atoms with Crippen molar-refractivity contribution in [1.82, 2.24) is 9.97 Å². The Bertz CT molecular complexity index is 1010. The average molecular weight is 313 g/mol. The summed E-state index contributed by atoms with van der Waals surface area (Å²) in [5.74, 6) is -0.00962. The van der Waals surface area contributed by atoms with Crippen molar-refractivity contribution in [2.75, 3.05) is 5.32 Å². The zero-order chi connectivity index (χ0) is 16.4. The van der Waals surface area contributed by atoms with Gasteiger partial charge >= 0.3 is 0 Å². The third kappa shape index (κ3) is 2.54. The summed E-state index contributed by atoms with van der Waals surface area (Å²) in [6, 6.07) is 19.1. The molecule has 24 heavy (non-hydrogen) atoms. The molecule has 2 aromatic heterocycles. The number of pyridine rings is 1. The summed E-state index contributed by atoms with van der Waals surface area (Å²) in [6.45, 7) is 0. The summed E-state index contributed by atoms with van der Waals surface area (Å²) in [4.78, 5) is 20.2. The molecule has 4 aromatic rings. The minimum absolute atomic E-state index is 0.00962. The van der Waals surface area contributed by atoms with E-state index in [9.17, 15) is 4.79 Å². The summed E-state index contributed by atoms with van der Waals surface area (Å²) in [6.07, 6.45) is 5.20. The fraction of sp³-hybridized carbons (Fsp3) is 0. The molecule has 4 heteroatoms. The van der Waals surface area contributed by atoms with E-state index in [4.69, 9.17) is 0 Å². The van der Waals surface area contributed by atoms with Gasteiger partial charge in [-0.2, -0.15) is 0 Å². The number of ketones is 1. The number of anilines is 2. The summed E-state index contributed by atoms with van der Waals surface area (Å²) in [5.41, 5.74) is 3.94. The van der Waals surface area contributed by atoms with Crippen LogP contribution in [-0.4, -0.2) is 15.8 Å². The largest absolute Gasteiger partial charge is 0.360 e. The number of fused-ring (bicyclic) bond motifs is 1. The molecule has 0 bridgehead atoms. The molecule has 116 valence electrons. The van der Waals surface area contributed by atoms with Gasteiger partial charge in [0.2, 0.25) is 0 Å². The SMILES string of the molecule is O=C(c1ccccc1Nc1ccncc1)c1c[nH]c2ccccc12. The molecule has 0 saturated carbocycles. The quantitative estimate of drug-likeness (QED) is 0.544. The van der Waals surface area contributed by atoms with Crippen LogP contribution in [0.15, 0.2) is 79.3 Å². The maximum absolute atomic E-state index is 13.1. The molecule has 4 nitrogen and oxygen atoms in total. The van der Waals surface area contributed by atoms with Crippen LogP contribution >= 0.6 is 0 Å². The first-order valence-electron chi connectivity index (χ1n) is 7.70. The summed E-state index contributed by atoms with van der Waals surface area (Å²) in [5, 5.41) is 4.22. The van der Waals surface area contributed by atoms with E-state index in [1.165, 1.54) is 0 Å². The van der Waals surface area contributed by atoms with Gasteiger partial charge < -0.3 is 10.3 Å². The van der Waals surface area contributed by atoms with Crippen LogP contribution in [0.25, 0.3) is 10.9 Å². The highest BCUT2D eigenvalue weighted by atomic mass is 16.1. The van der Waals surface area contributed by atoms with Crippen LogP contribution in [0, 0.1) is 0 Å². The number of carbonyl (C=O) groups excluding carboxylic acids is 1. The summed E-state index contributed by atoms with van der Waals surface area (Å²) < 4.78 is 0. The van der Waals surface area contributed by atoms with Gasteiger partial charge in [-0.15, -0.1) is 0 Å². The number of rotatable bonds is 4. The molecule has 2 N–H and O–H groups in total. The number of H-pyrrole nitrogens is 1. The van der Waals surface area contributed by atoms with Crippen molar-refractivity contribution >= 4 is 28.1 Å². The second kappa shape index (κ2) is 6.01. The van der Waals surface area contributed by atoms with Gasteiger partial charge in [0.1, 0.15) is 0 Å². The molecule has 0 amide bonds. The van der Waals surface area contributed by atoms with E-state index < -0.39 is 0 Å². The number of nitrogens with zero attached hydrogens (tertiary/aromatic N) is 1. The molecule has 0 aliphatic carbocycles. The van der Waals surface area contributed by atoms with Crippen molar-refractivity contribution in [2.45, 2.75) is 0 Å². The van der Waals surface area contributed by atoms with Gasteiger partial charge in [0.15, 0.2) is 5.78 Å². The van der Waals surface area contributed by atoms with E-state index in [0.717, 1.165) is 22.3 Å². The Balaban J connectivity index is 1.75. The lowest BCUT2D eigenvalue weighted by molar-refractivity contribution is 0.104. The molecule has 0 atom stereocenters. The van der Waals surface area contributed by atoms with Crippen molar-refractivity contribution in [3.8, 4) is 0 Å². The lowest BCUT2D eigenvalue weighted by Gasteiger charge is -2.11. The lowest BCUT2D eigenvalue weighted by Crippen LogP contribution is -2.05. The van der Waals surface area contributed by atoms with Crippen molar-refractivity contribution in [3.63, 3.8) is 0 Å². The highest BCUT2D eigenvalue weighted by molar-refractivity contribution is 6.18. The summed E-state index contributed by atoms with van der Waals surface area (Å²) in [7, 11) is 0. The second-order valence-electron chi connectivity index (χ2n) is 5.48. The Kier molecular flexibility index (Phi) is 3.56. The zero-order valence-corrected chi connectivity index (χ0v) is 12.9. The standard InChI is InChI=1S/C20H15N3O/c24-20(17-13-22-18-7-3-1-5-15(17)18)16-6-2-4-8-19(16)23-14-9-11-21-12-10-14/h1-13,22H,(H,21,23). The van der Waals surface area contributed by atoms with Crippen LogP contribution in [0.3, 0.4) is 0 Å². The van der Waals surface area contributed by atoms with Gasteiger partial charge in [-0.1, -0.05) is 30.3 Å². The molecule has 0 unspecified atom stereocenters. The predicted molar refractivity (Wildman–Crippen MR) is 95.7 cm³/mol. The Morgan fingerprint density at radius 1 is 0.875 bits per heavy atom. The van der Waals surface area contributed by atoms with Gasteiger partial charge in [-0.3, -0.25) is 9.78 Å². The maximum Gasteiger partial charge on any atom is 0.197 e. The highest BCUT2D eigenvalue weighted by Gasteiger charge is 2.17. The first-order chi connectivity index (χ1) is 11.8. The normalized spacial score (nSPS) is 10.7. The number of para-hydroxylation sites is 2. The van der Waals surface area contributed by atoms with Crippen molar-refractivity contribution in [3.05, 3.63) is 90.4 Å². The molecule has 0 aliphatic rings. The molecule has 2 aromatic carbocycles. The molecule has 0 fully saturated rings. The van der Waals surface area contributed by atoms with E-state index >= 15 is 0 Å². The third-order valence-electron chi connectivity index (χ3n) is 3.96. The number of nitrogens with one attached hydrogen (secondary N) is 2. The van der Waals surface area contributed by atoms with E-state index in [2.05, 4.69) is 15.3 Å². The topological polar surface area (TPSA) is 57.8 Å². The van der Waals surface area contributed by atoms with Crippen LogP contribution in [0.5, 0.6) is 0 Å². The molecular formula is C20H15N3O. The Labute approximate surface area is 139 Å². The highest BCUT2D eigenvalue weighted by Crippen LogP contribution is 2.26. The molecule has 4 rings (SSSR count). The van der Waals surface area contributed by atoms with E-state index in [-0.39, 0.29) is 5.78 Å². The summed E-state index contributed by atoms with van der Waals surface area (Å²) >= 11 is 0. The Morgan fingerprint density at radius 3 is 2.50 bits per heavy atom. The van der Waals surface area contributed by atoms with Crippen molar-refractivity contribution in [1.29, 1.82) is 0 Å². The Hall–Kier alpha value is -3.40. The maximum atomic E-state index is 13.1. The average Bonchev–Trinajstić information content (AvgIpc) is 3.07. The molecule has 0 saturated heterocycles. The van der Waals surface area contributed by atoms with Crippen LogP contribution in [0.1, 0.15) is 15.9 Å².